The zero-order valence-corrected chi connectivity index (χ0v) is 14.4. The molecule has 128 valence electrons. The molecule has 0 bridgehead atoms. The molecule has 0 unspecified atom stereocenters. The summed E-state index contributed by atoms with van der Waals surface area (Å²) in [5, 5.41) is 4.14. The van der Waals surface area contributed by atoms with Crippen LogP contribution in [0.5, 0.6) is 5.75 Å². The number of benzene rings is 1. The molecule has 1 aromatic carbocycles. The molecule has 6 heteroatoms. The molecule has 1 amide bonds. The highest BCUT2D eigenvalue weighted by Gasteiger charge is 2.14. The number of aryl methyl sites for hydroxylation is 2. The largest absolute Gasteiger partial charge is 0.491 e. The number of carbonyl (C=O) groups excluding carboxylic acids is 1. The van der Waals surface area contributed by atoms with Crippen LogP contribution in [0.1, 0.15) is 29.4 Å². The third-order valence-corrected chi connectivity index (χ3v) is 3.65. The molecule has 0 saturated carbocycles. The number of carbonyl (C=O) groups is 1. The molecule has 0 N–H and O–H groups in total. The van der Waals surface area contributed by atoms with Crippen LogP contribution in [0.3, 0.4) is 0 Å². The third-order valence-electron chi connectivity index (χ3n) is 3.65. The van der Waals surface area contributed by atoms with Gasteiger partial charge in [-0.05, 0) is 31.0 Å². The first-order valence-electron chi connectivity index (χ1n) is 8.05. The Hall–Kier alpha value is -2.63. The fourth-order valence-electron chi connectivity index (χ4n) is 2.24. The smallest absolute Gasteiger partial charge is 0.274 e. The number of rotatable bonds is 7. The molecule has 2 aromatic rings. The minimum absolute atomic E-state index is 0.195. The molecular weight excluding hydrogens is 306 g/mol. The summed E-state index contributed by atoms with van der Waals surface area (Å²) in [6.45, 7) is 5.26. The van der Waals surface area contributed by atoms with Gasteiger partial charge in [0.15, 0.2) is 0 Å². The molecule has 0 aliphatic rings. The van der Waals surface area contributed by atoms with Crippen molar-refractivity contribution in [2.75, 3.05) is 20.2 Å². The van der Waals surface area contributed by atoms with Crippen LogP contribution in [0.25, 0.3) is 0 Å². The summed E-state index contributed by atoms with van der Waals surface area (Å²) < 4.78 is 7.03. The van der Waals surface area contributed by atoms with Crippen LogP contribution >= 0.6 is 0 Å². The van der Waals surface area contributed by atoms with Crippen molar-refractivity contribution in [3.8, 4) is 5.75 Å². The van der Waals surface area contributed by atoms with Gasteiger partial charge in [0.05, 0.1) is 6.54 Å². The lowest BCUT2D eigenvalue weighted by Crippen LogP contribution is -2.33. The summed E-state index contributed by atoms with van der Waals surface area (Å²) in [4.78, 5) is 25.6. The van der Waals surface area contributed by atoms with Gasteiger partial charge in [0.25, 0.3) is 11.5 Å². The van der Waals surface area contributed by atoms with E-state index in [1.807, 2.05) is 38.1 Å². The van der Waals surface area contributed by atoms with E-state index in [9.17, 15) is 9.59 Å². The molecule has 0 radical (unpaired) electrons. The van der Waals surface area contributed by atoms with Crippen LogP contribution in [-0.4, -0.2) is 40.8 Å². The Morgan fingerprint density at radius 1 is 1.25 bits per heavy atom. The van der Waals surface area contributed by atoms with Gasteiger partial charge in [0.2, 0.25) is 0 Å². The normalized spacial score (nSPS) is 10.5. The number of likely N-dealkylation sites (N-methyl/N-ethyl adjacent to an activating group) is 1. The predicted molar refractivity (Wildman–Crippen MR) is 92.4 cm³/mol. The number of aromatic nitrogens is 2. The van der Waals surface area contributed by atoms with E-state index in [0.29, 0.717) is 19.7 Å². The van der Waals surface area contributed by atoms with Gasteiger partial charge in [-0.2, -0.15) is 5.10 Å². The Morgan fingerprint density at radius 3 is 2.71 bits per heavy atom. The molecule has 1 aromatic heterocycles. The maximum Gasteiger partial charge on any atom is 0.274 e. The summed E-state index contributed by atoms with van der Waals surface area (Å²) in [7, 11) is 1.69. The van der Waals surface area contributed by atoms with E-state index >= 15 is 0 Å². The van der Waals surface area contributed by atoms with Crippen molar-refractivity contribution in [2.24, 2.45) is 0 Å². The monoisotopic (exact) mass is 329 g/mol. The second-order valence-corrected chi connectivity index (χ2v) is 5.62. The van der Waals surface area contributed by atoms with E-state index < -0.39 is 0 Å². The molecule has 24 heavy (non-hydrogen) atoms. The second kappa shape index (κ2) is 8.29. The quantitative estimate of drug-likeness (QED) is 0.780. The minimum atomic E-state index is -0.228. The Morgan fingerprint density at radius 2 is 2.00 bits per heavy atom. The lowest BCUT2D eigenvalue weighted by Gasteiger charge is -2.18. The van der Waals surface area contributed by atoms with E-state index in [2.05, 4.69) is 5.10 Å². The summed E-state index contributed by atoms with van der Waals surface area (Å²) in [5.41, 5.74) is 1.13. The SMILES string of the molecule is CCCn1nc(C(=O)N(C)CCOc2ccccc2C)ccc1=O. The molecule has 0 aliphatic carbocycles. The predicted octanol–water partition coefficient (Wildman–Crippen LogP) is 2.11. The molecular formula is C18H23N3O3. The third kappa shape index (κ3) is 4.44. The molecule has 0 saturated heterocycles. The summed E-state index contributed by atoms with van der Waals surface area (Å²) >= 11 is 0. The Kier molecular flexibility index (Phi) is 6.12. The van der Waals surface area contributed by atoms with E-state index in [0.717, 1.165) is 17.7 Å². The topological polar surface area (TPSA) is 64.4 Å². The van der Waals surface area contributed by atoms with Crippen molar-refractivity contribution >= 4 is 5.91 Å². The molecule has 2 rings (SSSR count). The zero-order valence-electron chi connectivity index (χ0n) is 14.4. The standard InChI is InChI=1S/C18H23N3O3/c1-4-11-21-17(22)10-9-15(19-21)18(23)20(3)12-13-24-16-8-6-5-7-14(16)2/h5-10H,4,11-13H2,1-3H3. The van der Waals surface area contributed by atoms with Crippen molar-refractivity contribution in [1.82, 2.24) is 14.7 Å². The van der Waals surface area contributed by atoms with Gasteiger partial charge in [-0.1, -0.05) is 25.1 Å². The Labute approximate surface area is 141 Å². The molecule has 1 heterocycles. The van der Waals surface area contributed by atoms with E-state index in [-0.39, 0.29) is 17.2 Å². The summed E-state index contributed by atoms with van der Waals surface area (Å²) in [5.74, 6) is 0.584. The molecule has 0 aliphatic heterocycles. The van der Waals surface area contributed by atoms with Crippen LogP contribution in [0.15, 0.2) is 41.2 Å². The number of para-hydroxylation sites is 1. The van der Waals surface area contributed by atoms with E-state index in [1.54, 1.807) is 11.9 Å². The minimum Gasteiger partial charge on any atom is -0.491 e. The first-order chi connectivity index (χ1) is 11.5. The number of hydrogen-bond donors (Lipinski definition) is 0. The first-order valence-corrected chi connectivity index (χ1v) is 8.05. The lowest BCUT2D eigenvalue weighted by molar-refractivity contribution is 0.0765. The van der Waals surface area contributed by atoms with Crippen LogP contribution in [0, 0.1) is 6.92 Å². The van der Waals surface area contributed by atoms with Gasteiger partial charge >= 0.3 is 0 Å². The fourth-order valence-corrected chi connectivity index (χ4v) is 2.24. The van der Waals surface area contributed by atoms with Crippen molar-refractivity contribution in [1.29, 1.82) is 0 Å². The van der Waals surface area contributed by atoms with Gasteiger partial charge in [0.1, 0.15) is 18.1 Å². The van der Waals surface area contributed by atoms with Crippen LogP contribution in [0.2, 0.25) is 0 Å². The summed E-state index contributed by atoms with van der Waals surface area (Å²) in [6, 6.07) is 10.6. The Bertz CT molecular complexity index is 755. The number of hydrogen-bond acceptors (Lipinski definition) is 4. The van der Waals surface area contributed by atoms with Crippen LogP contribution in [-0.2, 0) is 6.54 Å². The number of nitrogens with zero attached hydrogens (tertiary/aromatic N) is 3. The van der Waals surface area contributed by atoms with Crippen molar-refractivity contribution in [3.05, 3.63) is 58.0 Å². The average molecular weight is 329 g/mol. The second-order valence-electron chi connectivity index (χ2n) is 5.62. The molecule has 0 fully saturated rings. The average Bonchev–Trinajstić information content (AvgIpc) is 2.58. The number of amides is 1. The number of ether oxygens (including phenoxy) is 1. The van der Waals surface area contributed by atoms with Crippen molar-refractivity contribution < 1.29 is 9.53 Å². The van der Waals surface area contributed by atoms with Crippen LogP contribution < -0.4 is 10.3 Å². The highest BCUT2D eigenvalue weighted by atomic mass is 16.5. The maximum atomic E-state index is 12.4. The molecule has 0 spiro atoms. The summed E-state index contributed by atoms with van der Waals surface area (Å²) in [6.07, 6.45) is 0.782. The first kappa shape index (κ1) is 17.7. The highest BCUT2D eigenvalue weighted by Crippen LogP contribution is 2.15. The van der Waals surface area contributed by atoms with Crippen molar-refractivity contribution in [3.63, 3.8) is 0 Å². The Balaban J connectivity index is 1.96. The van der Waals surface area contributed by atoms with Crippen LogP contribution in [0.4, 0.5) is 0 Å². The maximum absolute atomic E-state index is 12.4. The zero-order chi connectivity index (χ0) is 17.5. The fraction of sp³-hybridized carbons (Fsp3) is 0.389. The van der Waals surface area contributed by atoms with Crippen molar-refractivity contribution in [2.45, 2.75) is 26.8 Å². The highest BCUT2D eigenvalue weighted by molar-refractivity contribution is 5.91. The van der Waals surface area contributed by atoms with Gasteiger partial charge in [-0.3, -0.25) is 9.59 Å². The molecule has 0 atom stereocenters. The van der Waals surface area contributed by atoms with Gasteiger partial charge in [-0.25, -0.2) is 4.68 Å². The van der Waals surface area contributed by atoms with E-state index in [4.69, 9.17) is 4.74 Å². The van der Waals surface area contributed by atoms with Gasteiger partial charge < -0.3 is 9.64 Å². The molecule has 6 nitrogen and oxygen atoms in total. The van der Waals surface area contributed by atoms with Gasteiger partial charge in [0, 0.05) is 19.7 Å². The van der Waals surface area contributed by atoms with Gasteiger partial charge in [-0.15, -0.1) is 0 Å². The van der Waals surface area contributed by atoms with E-state index in [1.165, 1.54) is 16.8 Å². The lowest BCUT2D eigenvalue weighted by atomic mass is 10.2.